The quantitative estimate of drug-likeness (QED) is 0.894. The van der Waals surface area contributed by atoms with Crippen LogP contribution in [-0.2, 0) is 17.6 Å². The molecule has 22 heavy (non-hydrogen) atoms. The molecule has 1 amide bonds. The van der Waals surface area contributed by atoms with Gasteiger partial charge in [0.15, 0.2) is 0 Å². The molecule has 2 aliphatic rings. The zero-order chi connectivity index (χ0) is 15.1. The molecule has 0 bridgehead atoms. The molecule has 1 heterocycles. The number of nitrogens with one attached hydrogen (secondary N) is 2. The number of benzene rings is 1. The SMILES string of the molecule is O=C(Nc1ccc2c3c(c(=O)[nH]c2c1)CCC3)C1CCCC1. The molecule has 0 aliphatic heterocycles. The summed E-state index contributed by atoms with van der Waals surface area (Å²) in [5, 5.41) is 4.12. The zero-order valence-electron chi connectivity index (χ0n) is 12.6. The summed E-state index contributed by atoms with van der Waals surface area (Å²) < 4.78 is 0. The number of H-pyrrole nitrogens is 1. The Morgan fingerprint density at radius 1 is 1.09 bits per heavy atom. The van der Waals surface area contributed by atoms with E-state index in [0.717, 1.165) is 67.1 Å². The second kappa shape index (κ2) is 5.27. The maximum atomic E-state index is 12.2. The highest BCUT2D eigenvalue weighted by molar-refractivity contribution is 5.95. The van der Waals surface area contributed by atoms with Crippen LogP contribution in [0.15, 0.2) is 23.0 Å². The number of hydrogen-bond acceptors (Lipinski definition) is 2. The first-order valence-corrected chi connectivity index (χ1v) is 8.21. The third-order valence-corrected chi connectivity index (χ3v) is 5.08. The van der Waals surface area contributed by atoms with Gasteiger partial charge in [0.05, 0.1) is 5.52 Å². The van der Waals surface area contributed by atoms with Crippen molar-refractivity contribution >= 4 is 22.5 Å². The van der Waals surface area contributed by atoms with Crippen LogP contribution in [0, 0.1) is 5.92 Å². The highest BCUT2D eigenvalue weighted by Gasteiger charge is 2.23. The lowest BCUT2D eigenvalue weighted by Crippen LogP contribution is -2.20. The van der Waals surface area contributed by atoms with Gasteiger partial charge in [0.25, 0.3) is 5.56 Å². The Bertz CT molecular complexity index is 801. The zero-order valence-corrected chi connectivity index (χ0v) is 12.6. The maximum Gasteiger partial charge on any atom is 0.251 e. The van der Waals surface area contributed by atoms with Gasteiger partial charge in [-0.1, -0.05) is 18.9 Å². The number of carbonyl (C=O) groups excluding carboxylic acids is 1. The molecule has 1 saturated carbocycles. The maximum absolute atomic E-state index is 12.2. The van der Waals surface area contributed by atoms with Gasteiger partial charge in [-0.3, -0.25) is 9.59 Å². The minimum atomic E-state index is 0.0271. The number of aromatic amines is 1. The fraction of sp³-hybridized carbons (Fsp3) is 0.444. The Balaban J connectivity index is 1.68. The number of amides is 1. The number of rotatable bonds is 2. The van der Waals surface area contributed by atoms with E-state index >= 15 is 0 Å². The standard InChI is InChI=1S/C18H20N2O2/c21-17(11-4-1-2-5-11)19-12-8-9-14-13-6-3-7-15(13)18(22)20-16(14)10-12/h8-11H,1-7H2,(H,19,21)(H,20,22). The number of hydrogen-bond donors (Lipinski definition) is 2. The van der Waals surface area contributed by atoms with Crippen molar-refractivity contribution in [2.45, 2.75) is 44.9 Å². The Morgan fingerprint density at radius 2 is 1.86 bits per heavy atom. The Kier molecular flexibility index (Phi) is 3.25. The third kappa shape index (κ3) is 2.23. The molecule has 0 atom stereocenters. The summed E-state index contributed by atoms with van der Waals surface area (Å²) >= 11 is 0. The summed E-state index contributed by atoms with van der Waals surface area (Å²) in [6.45, 7) is 0. The molecule has 2 N–H and O–H groups in total. The van der Waals surface area contributed by atoms with Gasteiger partial charge in [0, 0.05) is 22.6 Å². The van der Waals surface area contributed by atoms with Gasteiger partial charge in [0.2, 0.25) is 5.91 Å². The molecule has 1 fully saturated rings. The Hall–Kier alpha value is -2.10. The van der Waals surface area contributed by atoms with Crippen LogP contribution >= 0.6 is 0 Å². The fourth-order valence-electron chi connectivity index (χ4n) is 3.91. The van der Waals surface area contributed by atoms with E-state index < -0.39 is 0 Å². The normalized spacial score (nSPS) is 17.8. The summed E-state index contributed by atoms with van der Waals surface area (Å²) in [4.78, 5) is 27.3. The Morgan fingerprint density at radius 3 is 2.68 bits per heavy atom. The minimum Gasteiger partial charge on any atom is -0.326 e. The van der Waals surface area contributed by atoms with Crippen molar-refractivity contribution in [2.75, 3.05) is 5.32 Å². The molecule has 0 radical (unpaired) electrons. The third-order valence-electron chi connectivity index (χ3n) is 5.08. The monoisotopic (exact) mass is 296 g/mol. The van der Waals surface area contributed by atoms with E-state index in [9.17, 15) is 9.59 Å². The molecule has 2 aromatic rings. The van der Waals surface area contributed by atoms with Gasteiger partial charge >= 0.3 is 0 Å². The topological polar surface area (TPSA) is 62.0 Å². The van der Waals surface area contributed by atoms with E-state index in [2.05, 4.69) is 10.3 Å². The van der Waals surface area contributed by atoms with Crippen LogP contribution in [-0.4, -0.2) is 10.9 Å². The largest absolute Gasteiger partial charge is 0.326 e. The van der Waals surface area contributed by atoms with E-state index in [1.807, 2.05) is 18.2 Å². The molecule has 114 valence electrons. The summed E-state index contributed by atoms with van der Waals surface area (Å²) in [5.74, 6) is 0.259. The van der Waals surface area contributed by atoms with Crippen molar-refractivity contribution in [1.29, 1.82) is 0 Å². The van der Waals surface area contributed by atoms with Gasteiger partial charge in [-0.25, -0.2) is 0 Å². The van der Waals surface area contributed by atoms with Gasteiger partial charge in [0.1, 0.15) is 0 Å². The van der Waals surface area contributed by atoms with Crippen LogP contribution in [0.2, 0.25) is 0 Å². The van der Waals surface area contributed by atoms with Crippen LogP contribution in [0.1, 0.15) is 43.2 Å². The molecule has 0 saturated heterocycles. The van der Waals surface area contributed by atoms with Crippen molar-refractivity contribution in [3.63, 3.8) is 0 Å². The predicted octanol–water partition coefficient (Wildman–Crippen LogP) is 3.15. The minimum absolute atomic E-state index is 0.0271. The highest BCUT2D eigenvalue weighted by Crippen LogP contribution is 2.29. The second-order valence-electron chi connectivity index (χ2n) is 6.50. The number of aromatic nitrogens is 1. The number of fused-ring (bicyclic) bond motifs is 3. The summed E-state index contributed by atoms with van der Waals surface area (Å²) in [5.41, 5.74) is 3.76. The van der Waals surface area contributed by atoms with E-state index in [4.69, 9.17) is 0 Å². The molecule has 4 nitrogen and oxygen atoms in total. The lowest BCUT2D eigenvalue weighted by molar-refractivity contribution is -0.119. The van der Waals surface area contributed by atoms with Crippen LogP contribution < -0.4 is 10.9 Å². The van der Waals surface area contributed by atoms with E-state index in [-0.39, 0.29) is 17.4 Å². The van der Waals surface area contributed by atoms with Crippen molar-refractivity contribution in [1.82, 2.24) is 4.98 Å². The smallest absolute Gasteiger partial charge is 0.251 e. The number of aryl methyl sites for hydroxylation is 1. The van der Waals surface area contributed by atoms with E-state index in [0.29, 0.717) is 0 Å². The van der Waals surface area contributed by atoms with Crippen LogP contribution in [0.25, 0.3) is 10.9 Å². The summed E-state index contributed by atoms with van der Waals surface area (Å²) in [6, 6.07) is 5.87. The molecule has 4 rings (SSSR count). The first-order valence-electron chi connectivity index (χ1n) is 8.21. The number of pyridine rings is 1. The van der Waals surface area contributed by atoms with Crippen molar-refractivity contribution in [2.24, 2.45) is 5.92 Å². The lowest BCUT2D eigenvalue weighted by Gasteiger charge is -2.12. The molecule has 0 unspecified atom stereocenters. The van der Waals surface area contributed by atoms with Gasteiger partial charge in [-0.15, -0.1) is 0 Å². The van der Waals surface area contributed by atoms with Gasteiger partial charge in [-0.05, 0) is 49.8 Å². The molecule has 4 heteroatoms. The predicted molar refractivity (Wildman–Crippen MR) is 87.2 cm³/mol. The highest BCUT2D eigenvalue weighted by atomic mass is 16.2. The van der Waals surface area contributed by atoms with Crippen LogP contribution in [0.4, 0.5) is 5.69 Å². The van der Waals surface area contributed by atoms with Crippen molar-refractivity contribution < 1.29 is 4.79 Å². The van der Waals surface area contributed by atoms with Crippen molar-refractivity contribution in [3.8, 4) is 0 Å². The molecular weight excluding hydrogens is 276 g/mol. The molecule has 1 aromatic heterocycles. The van der Waals surface area contributed by atoms with Gasteiger partial charge < -0.3 is 10.3 Å². The summed E-state index contributed by atoms with van der Waals surface area (Å²) in [6.07, 6.45) is 7.18. The molecule has 0 spiro atoms. The molecular formula is C18H20N2O2. The first kappa shape index (κ1) is 13.6. The van der Waals surface area contributed by atoms with Crippen molar-refractivity contribution in [3.05, 3.63) is 39.7 Å². The average Bonchev–Trinajstić information content (AvgIpc) is 3.19. The number of carbonyl (C=O) groups is 1. The summed E-state index contributed by atoms with van der Waals surface area (Å²) in [7, 11) is 0. The lowest BCUT2D eigenvalue weighted by atomic mass is 10.0. The number of anilines is 1. The van der Waals surface area contributed by atoms with E-state index in [1.165, 1.54) is 5.56 Å². The van der Waals surface area contributed by atoms with Gasteiger partial charge in [-0.2, -0.15) is 0 Å². The van der Waals surface area contributed by atoms with Crippen LogP contribution in [0.3, 0.4) is 0 Å². The van der Waals surface area contributed by atoms with E-state index in [1.54, 1.807) is 0 Å². The van der Waals surface area contributed by atoms with Crippen LogP contribution in [0.5, 0.6) is 0 Å². The second-order valence-corrected chi connectivity index (χ2v) is 6.50. The Labute approximate surface area is 128 Å². The molecule has 2 aliphatic carbocycles. The fourth-order valence-corrected chi connectivity index (χ4v) is 3.91. The average molecular weight is 296 g/mol. The first-order chi connectivity index (χ1) is 10.7. The molecule has 1 aromatic carbocycles.